The number of rotatable bonds is 5. The van der Waals surface area contributed by atoms with Gasteiger partial charge in [0.2, 0.25) is 5.91 Å². The van der Waals surface area contributed by atoms with Gasteiger partial charge in [0.05, 0.1) is 0 Å². The van der Waals surface area contributed by atoms with E-state index in [1.165, 1.54) is 6.08 Å². The van der Waals surface area contributed by atoms with Gasteiger partial charge in [0.1, 0.15) is 0 Å². The number of amides is 1. The molecule has 0 aliphatic heterocycles. The molecule has 0 unspecified atom stereocenters. The van der Waals surface area contributed by atoms with Crippen LogP contribution in [0.15, 0.2) is 16.8 Å². The molecule has 0 aliphatic rings. The quantitative estimate of drug-likeness (QED) is 0.227. The van der Waals surface area contributed by atoms with Gasteiger partial charge in [-0.05, 0) is 25.8 Å². The minimum atomic E-state index is -0.0964. The molecular weight excluding hydrogens is 168 g/mol. The monoisotopic (exact) mass is 182 g/mol. The van der Waals surface area contributed by atoms with Crippen LogP contribution in [0.1, 0.15) is 20.3 Å². The van der Waals surface area contributed by atoms with E-state index < -0.39 is 0 Å². The summed E-state index contributed by atoms with van der Waals surface area (Å²) in [6, 6.07) is 0. The Morgan fingerprint density at radius 2 is 2.31 bits per heavy atom. The number of nitrogens with one attached hydrogen (secondary N) is 1. The lowest BCUT2D eigenvalue weighted by atomic mass is 10.3. The van der Waals surface area contributed by atoms with Crippen molar-refractivity contribution in [3.8, 4) is 0 Å². The Morgan fingerprint density at radius 3 is 2.85 bits per heavy atom. The standard InChI is InChI=1S/C8H14N4O/c1-7(2)6-8(13)10-4-3-5-11-12-9/h6H,3-5H2,1-2H3,(H,10,13). The molecule has 0 atom stereocenters. The zero-order valence-corrected chi connectivity index (χ0v) is 7.95. The molecule has 0 heterocycles. The van der Waals surface area contributed by atoms with Gasteiger partial charge in [-0.15, -0.1) is 0 Å². The van der Waals surface area contributed by atoms with Gasteiger partial charge in [0.15, 0.2) is 0 Å². The molecule has 0 radical (unpaired) electrons. The zero-order valence-electron chi connectivity index (χ0n) is 7.95. The lowest BCUT2D eigenvalue weighted by molar-refractivity contribution is -0.116. The van der Waals surface area contributed by atoms with E-state index in [0.717, 1.165) is 5.57 Å². The van der Waals surface area contributed by atoms with E-state index in [2.05, 4.69) is 15.3 Å². The maximum atomic E-state index is 11.0. The second-order valence-corrected chi connectivity index (χ2v) is 2.82. The van der Waals surface area contributed by atoms with Crippen molar-refractivity contribution >= 4 is 5.91 Å². The van der Waals surface area contributed by atoms with Gasteiger partial charge < -0.3 is 5.32 Å². The van der Waals surface area contributed by atoms with Crippen LogP contribution in [0.2, 0.25) is 0 Å². The molecule has 1 amide bonds. The number of hydrogen-bond donors (Lipinski definition) is 1. The summed E-state index contributed by atoms with van der Waals surface area (Å²) in [5, 5.41) is 6.02. The molecule has 0 aliphatic carbocycles. The van der Waals surface area contributed by atoms with E-state index in [4.69, 9.17) is 5.53 Å². The second-order valence-electron chi connectivity index (χ2n) is 2.82. The van der Waals surface area contributed by atoms with Crippen LogP contribution in [0.3, 0.4) is 0 Å². The normalized spacial score (nSPS) is 8.46. The predicted octanol–water partition coefficient (Wildman–Crippen LogP) is 1.77. The molecule has 72 valence electrons. The van der Waals surface area contributed by atoms with Crippen molar-refractivity contribution in [1.82, 2.24) is 5.32 Å². The molecule has 0 spiro atoms. The summed E-state index contributed by atoms with van der Waals surface area (Å²) in [5.74, 6) is -0.0964. The summed E-state index contributed by atoms with van der Waals surface area (Å²) in [5.41, 5.74) is 8.92. The average Bonchev–Trinajstić information content (AvgIpc) is 2.02. The second kappa shape index (κ2) is 7.18. The van der Waals surface area contributed by atoms with Crippen molar-refractivity contribution in [2.45, 2.75) is 20.3 Å². The first-order chi connectivity index (χ1) is 6.16. The van der Waals surface area contributed by atoms with Crippen molar-refractivity contribution in [3.63, 3.8) is 0 Å². The molecular formula is C8H14N4O. The lowest BCUT2D eigenvalue weighted by Gasteiger charge is -1.99. The predicted molar refractivity (Wildman–Crippen MR) is 51.1 cm³/mol. The van der Waals surface area contributed by atoms with E-state index in [1.54, 1.807) is 0 Å². The summed E-state index contributed by atoms with van der Waals surface area (Å²) in [6.07, 6.45) is 2.21. The minimum Gasteiger partial charge on any atom is -0.353 e. The summed E-state index contributed by atoms with van der Waals surface area (Å²) >= 11 is 0. The molecule has 13 heavy (non-hydrogen) atoms. The Hall–Kier alpha value is -1.48. The van der Waals surface area contributed by atoms with E-state index >= 15 is 0 Å². The molecule has 5 heteroatoms. The molecule has 0 bridgehead atoms. The summed E-state index contributed by atoms with van der Waals surface area (Å²) < 4.78 is 0. The van der Waals surface area contributed by atoms with E-state index in [1.807, 2.05) is 13.8 Å². The Balaban J connectivity index is 3.48. The topological polar surface area (TPSA) is 77.9 Å². The van der Waals surface area contributed by atoms with Crippen molar-refractivity contribution < 1.29 is 4.79 Å². The molecule has 1 N–H and O–H groups in total. The molecule has 0 saturated heterocycles. The van der Waals surface area contributed by atoms with E-state index in [9.17, 15) is 4.79 Å². The highest BCUT2D eigenvalue weighted by Crippen LogP contribution is 1.87. The highest BCUT2D eigenvalue weighted by molar-refractivity contribution is 5.87. The number of nitrogens with zero attached hydrogens (tertiary/aromatic N) is 3. The minimum absolute atomic E-state index is 0.0964. The summed E-state index contributed by atoms with van der Waals surface area (Å²) in [6.45, 7) is 4.69. The van der Waals surface area contributed by atoms with Crippen molar-refractivity contribution in [1.29, 1.82) is 0 Å². The van der Waals surface area contributed by atoms with Gasteiger partial charge in [-0.1, -0.05) is 10.7 Å². The Labute approximate surface area is 77.4 Å². The Morgan fingerprint density at radius 1 is 1.62 bits per heavy atom. The number of hydrogen-bond acceptors (Lipinski definition) is 2. The third-order valence-electron chi connectivity index (χ3n) is 1.22. The maximum Gasteiger partial charge on any atom is 0.243 e. The molecule has 0 aromatic rings. The van der Waals surface area contributed by atoms with Crippen LogP contribution >= 0.6 is 0 Å². The number of azide groups is 1. The van der Waals surface area contributed by atoms with Gasteiger partial charge in [-0.25, -0.2) is 0 Å². The third kappa shape index (κ3) is 8.43. The lowest BCUT2D eigenvalue weighted by Crippen LogP contribution is -2.22. The summed E-state index contributed by atoms with van der Waals surface area (Å²) in [4.78, 5) is 13.6. The molecule has 0 saturated carbocycles. The van der Waals surface area contributed by atoms with Gasteiger partial charge >= 0.3 is 0 Å². The van der Waals surface area contributed by atoms with Crippen LogP contribution in [0, 0.1) is 0 Å². The maximum absolute atomic E-state index is 11.0. The Bertz CT molecular complexity index is 237. The zero-order chi connectivity index (χ0) is 10.1. The van der Waals surface area contributed by atoms with Crippen LogP contribution in [-0.4, -0.2) is 19.0 Å². The highest BCUT2D eigenvalue weighted by Gasteiger charge is 1.93. The molecule has 0 fully saturated rings. The van der Waals surface area contributed by atoms with Gasteiger partial charge in [-0.2, -0.15) is 0 Å². The fourth-order valence-corrected chi connectivity index (χ4v) is 0.719. The van der Waals surface area contributed by atoms with Crippen LogP contribution < -0.4 is 5.32 Å². The van der Waals surface area contributed by atoms with Gasteiger partial charge in [0.25, 0.3) is 0 Å². The van der Waals surface area contributed by atoms with Crippen LogP contribution in [0.25, 0.3) is 10.4 Å². The first-order valence-electron chi connectivity index (χ1n) is 4.10. The van der Waals surface area contributed by atoms with Gasteiger partial charge in [0, 0.05) is 24.1 Å². The first kappa shape index (κ1) is 11.5. The van der Waals surface area contributed by atoms with Crippen LogP contribution in [0.4, 0.5) is 0 Å². The van der Waals surface area contributed by atoms with E-state index in [-0.39, 0.29) is 5.91 Å². The number of allylic oxidation sites excluding steroid dienone is 1. The third-order valence-corrected chi connectivity index (χ3v) is 1.22. The largest absolute Gasteiger partial charge is 0.353 e. The van der Waals surface area contributed by atoms with Crippen LogP contribution in [0.5, 0.6) is 0 Å². The summed E-state index contributed by atoms with van der Waals surface area (Å²) in [7, 11) is 0. The van der Waals surface area contributed by atoms with E-state index in [0.29, 0.717) is 19.5 Å². The average molecular weight is 182 g/mol. The molecule has 0 aromatic carbocycles. The molecule has 5 nitrogen and oxygen atoms in total. The number of carbonyl (C=O) groups is 1. The fraction of sp³-hybridized carbons (Fsp3) is 0.625. The van der Waals surface area contributed by atoms with Gasteiger partial charge in [-0.3, -0.25) is 4.79 Å². The smallest absolute Gasteiger partial charge is 0.243 e. The van der Waals surface area contributed by atoms with Crippen molar-refractivity contribution in [2.24, 2.45) is 5.11 Å². The van der Waals surface area contributed by atoms with Crippen LogP contribution in [-0.2, 0) is 4.79 Å². The Kier molecular flexibility index (Phi) is 6.37. The highest BCUT2D eigenvalue weighted by atomic mass is 16.1. The van der Waals surface area contributed by atoms with Crippen molar-refractivity contribution in [2.75, 3.05) is 13.1 Å². The fourth-order valence-electron chi connectivity index (χ4n) is 0.719. The molecule has 0 rings (SSSR count). The number of carbonyl (C=O) groups excluding carboxylic acids is 1. The molecule has 0 aromatic heterocycles. The van der Waals surface area contributed by atoms with Crippen molar-refractivity contribution in [3.05, 3.63) is 22.1 Å². The first-order valence-corrected chi connectivity index (χ1v) is 4.10. The SMILES string of the molecule is CC(C)=CC(=O)NCCCN=[N+]=[N-].